The second kappa shape index (κ2) is 8.28. The molecule has 3 aromatic rings. The predicted molar refractivity (Wildman–Crippen MR) is 121 cm³/mol. The third-order valence-corrected chi connectivity index (χ3v) is 6.20. The number of benzene rings is 2. The first-order valence-corrected chi connectivity index (χ1v) is 10.4. The maximum atomic E-state index is 12.3. The molecule has 1 fully saturated rings. The van der Waals surface area contributed by atoms with E-state index in [0.29, 0.717) is 42.3 Å². The SMILES string of the molecule is Cc1ccc(N=C2NC(=O)/C(=C/c3ccc(-c4ccc(Cl)c(Cl)c4)o3)S2)cc1Cl. The number of halogens is 3. The van der Waals surface area contributed by atoms with Crippen molar-refractivity contribution in [2.75, 3.05) is 0 Å². The third kappa shape index (κ3) is 4.54. The highest BCUT2D eigenvalue weighted by molar-refractivity contribution is 8.18. The van der Waals surface area contributed by atoms with Gasteiger partial charge in [0.05, 0.1) is 20.6 Å². The first-order chi connectivity index (χ1) is 13.9. The number of amides is 1. The van der Waals surface area contributed by atoms with Gasteiger partial charge in [-0.2, -0.15) is 0 Å². The van der Waals surface area contributed by atoms with Gasteiger partial charge in [0.25, 0.3) is 5.91 Å². The minimum atomic E-state index is -0.237. The Balaban J connectivity index is 1.55. The molecule has 2 heterocycles. The molecule has 1 aliphatic rings. The number of amidine groups is 1. The van der Waals surface area contributed by atoms with Gasteiger partial charge in [0.15, 0.2) is 5.17 Å². The van der Waals surface area contributed by atoms with Crippen molar-refractivity contribution in [3.63, 3.8) is 0 Å². The topological polar surface area (TPSA) is 54.6 Å². The van der Waals surface area contributed by atoms with Crippen LogP contribution in [0.4, 0.5) is 5.69 Å². The van der Waals surface area contributed by atoms with Crippen LogP contribution in [0, 0.1) is 6.92 Å². The highest BCUT2D eigenvalue weighted by Gasteiger charge is 2.24. The maximum Gasteiger partial charge on any atom is 0.264 e. The summed E-state index contributed by atoms with van der Waals surface area (Å²) in [4.78, 5) is 17.2. The number of carbonyl (C=O) groups is 1. The molecule has 4 nitrogen and oxygen atoms in total. The molecule has 0 aliphatic carbocycles. The maximum absolute atomic E-state index is 12.3. The number of furan rings is 1. The molecular formula is C21H13Cl3N2O2S. The minimum Gasteiger partial charge on any atom is -0.457 e. The second-order valence-electron chi connectivity index (χ2n) is 6.25. The van der Waals surface area contributed by atoms with Crippen LogP contribution in [0.2, 0.25) is 15.1 Å². The Morgan fingerprint density at radius 1 is 1.00 bits per heavy atom. The number of thioether (sulfide) groups is 1. The molecule has 29 heavy (non-hydrogen) atoms. The number of rotatable bonds is 3. The molecule has 4 rings (SSSR count). The molecule has 1 aliphatic heterocycles. The van der Waals surface area contributed by atoms with E-state index >= 15 is 0 Å². The summed E-state index contributed by atoms with van der Waals surface area (Å²) in [5.41, 5.74) is 2.44. The first kappa shape index (κ1) is 20.1. The summed E-state index contributed by atoms with van der Waals surface area (Å²) >= 11 is 19.4. The second-order valence-corrected chi connectivity index (χ2v) is 8.50. The molecule has 1 amide bonds. The van der Waals surface area contributed by atoms with Crippen LogP contribution >= 0.6 is 46.6 Å². The Labute approximate surface area is 186 Å². The van der Waals surface area contributed by atoms with Crippen molar-refractivity contribution in [3.8, 4) is 11.3 Å². The molecule has 0 spiro atoms. The fraction of sp³-hybridized carbons (Fsp3) is 0.0476. The van der Waals surface area contributed by atoms with Crippen molar-refractivity contribution in [2.45, 2.75) is 6.92 Å². The highest BCUT2D eigenvalue weighted by atomic mass is 35.5. The van der Waals surface area contributed by atoms with Crippen LogP contribution in [0.1, 0.15) is 11.3 Å². The molecule has 8 heteroatoms. The van der Waals surface area contributed by atoms with Gasteiger partial charge in [0, 0.05) is 16.7 Å². The molecular weight excluding hydrogens is 451 g/mol. The number of aryl methyl sites for hydroxylation is 1. The summed E-state index contributed by atoms with van der Waals surface area (Å²) in [5, 5.41) is 4.78. The number of hydrogen-bond donors (Lipinski definition) is 1. The summed E-state index contributed by atoms with van der Waals surface area (Å²) in [6.07, 6.45) is 1.67. The number of nitrogens with one attached hydrogen (secondary N) is 1. The van der Waals surface area contributed by atoms with Gasteiger partial charge in [-0.05, 0) is 66.7 Å². The van der Waals surface area contributed by atoms with E-state index in [2.05, 4.69) is 10.3 Å². The normalized spacial score (nSPS) is 16.6. The lowest BCUT2D eigenvalue weighted by molar-refractivity contribution is -0.115. The van der Waals surface area contributed by atoms with Crippen LogP contribution in [0.15, 0.2) is 62.8 Å². The van der Waals surface area contributed by atoms with Gasteiger partial charge >= 0.3 is 0 Å². The average Bonchev–Trinajstić information content (AvgIpc) is 3.28. The first-order valence-electron chi connectivity index (χ1n) is 8.50. The lowest BCUT2D eigenvalue weighted by atomic mass is 10.2. The fourth-order valence-corrected chi connectivity index (χ4v) is 3.91. The molecule has 2 aromatic carbocycles. The number of hydrogen-bond acceptors (Lipinski definition) is 4. The van der Waals surface area contributed by atoms with Gasteiger partial charge in [-0.15, -0.1) is 0 Å². The van der Waals surface area contributed by atoms with E-state index in [1.165, 1.54) is 11.8 Å². The fourth-order valence-electron chi connectivity index (χ4n) is 2.61. The van der Waals surface area contributed by atoms with E-state index in [-0.39, 0.29) is 5.91 Å². The zero-order chi connectivity index (χ0) is 20.5. The quantitative estimate of drug-likeness (QED) is 0.421. The highest BCUT2D eigenvalue weighted by Crippen LogP contribution is 2.32. The Bertz CT molecular complexity index is 1180. The Morgan fingerprint density at radius 2 is 1.83 bits per heavy atom. The smallest absolute Gasteiger partial charge is 0.264 e. The van der Waals surface area contributed by atoms with E-state index < -0.39 is 0 Å². The molecule has 1 N–H and O–H groups in total. The minimum absolute atomic E-state index is 0.237. The van der Waals surface area contributed by atoms with Gasteiger partial charge < -0.3 is 9.73 Å². The Hall–Kier alpha value is -2.18. The molecule has 1 saturated heterocycles. The number of carbonyl (C=O) groups excluding carboxylic acids is 1. The summed E-state index contributed by atoms with van der Waals surface area (Å²) in [5.74, 6) is 0.935. The standard InChI is InChI=1S/C21H13Cl3N2O2S/c1-11-2-4-13(9-16(11)23)25-21-26-20(27)19(29-21)10-14-5-7-18(28-14)12-3-6-15(22)17(24)8-12/h2-10H,1H3,(H,25,26,27)/b19-10-. The number of nitrogens with zero attached hydrogens (tertiary/aromatic N) is 1. The molecule has 0 unspecified atom stereocenters. The lowest BCUT2D eigenvalue weighted by Gasteiger charge is -2.00. The van der Waals surface area contributed by atoms with Crippen molar-refractivity contribution in [1.29, 1.82) is 0 Å². The summed E-state index contributed by atoms with van der Waals surface area (Å²) < 4.78 is 5.83. The monoisotopic (exact) mass is 462 g/mol. The van der Waals surface area contributed by atoms with E-state index in [1.54, 1.807) is 30.3 Å². The van der Waals surface area contributed by atoms with Crippen molar-refractivity contribution in [2.24, 2.45) is 4.99 Å². The Morgan fingerprint density at radius 3 is 2.59 bits per heavy atom. The van der Waals surface area contributed by atoms with Crippen LogP contribution in [0.25, 0.3) is 17.4 Å². The van der Waals surface area contributed by atoms with Gasteiger partial charge in [-0.1, -0.05) is 40.9 Å². The molecule has 0 atom stereocenters. The lowest BCUT2D eigenvalue weighted by Crippen LogP contribution is -2.19. The van der Waals surface area contributed by atoms with E-state index in [0.717, 1.165) is 11.1 Å². The number of aliphatic imine (C=N–C) groups is 1. The molecule has 0 radical (unpaired) electrons. The van der Waals surface area contributed by atoms with Gasteiger partial charge in [-0.25, -0.2) is 4.99 Å². The van der Waals surface area contributed by atoms with Crippen molar-refractivity contribution < 1.29 is 9.21 Å². The summed E-state index contributed by atoms with van der Waals surface area (Å²) in [7, 11) is 0. The van der Waals surface area contributed by atoms with Crippen LogP contribution in [-0.4, -0.2) is 11.1 Å². The molecule has 0 bridgehead atoms. The molecule has 146 valence electrons. The van der Waals surface area contributed by atoms with E-state index in [4.69, 9.17) is 39.2 Å². The van der Waals surface area contributed by atoms with E-state index in [1.807, 2.05) is 31.2 Å². The van der Waals surface area contributed by atoms with Crippen LogP contribution < -0.4 is 5.32 Å². The predicted octanol–water partition coefficient (Wildman–Crippen LogP) is 7.11. The van der Waals surface area contributed by atoms with Crippen LogP contribution in [-0.2, 0) is 4.79 Å². The van der Waals surface area contributed by atoms with Crippen LogP contribution in [0.3, 0.4) is 0 Å². The van der Waals surface area contributed by atoms with Crippen LogP contribution in [0.5, 0.6) is 0 Å². The van der Waals surface area contributed by atoms with Crippen molar-refractivity contribution in [1.82, 2.24) is 5.32 Å². The van der Waals surface area contributed by atoms with Gasteiger partial charge in [-0.3, -0.25) is 4.79 Å². The van der Waals surface area contributed by atoms with Crippen molar-refractivity contribution >= 4 is 69.4 Å². The Kier molecular flexibility index (Phi) is 5.74. The molecule has 1 aromatic heterocycles. The van der Waals surface area contributed by atoms with Gasteiger partial charge in [0.1, 0.15) is 11.5 Å². The largest absolute Gasteiger partial charge is 0.457 e. The van der Waals surface area contributed by atoms with Gasteiger partial charge in [0.2, 0.25) is 0 Å². The zero-order valence-electron chi connectivity index (χ0n) is 15.0. The van der Waals surface area contributed by atoms with Crippen molar-refractivity contribution in [3.05, 3.63) is 79.8 Å². The summed E-state index contributed by atoms with van der Waals surface area (Å²) in [6, 6.07) is 14.3. The van der Waals surface area contributed by atoms with E-state index in [9.17, 15) is 4.79 Å². The average molecular weight is 464 g/mol. The summed E-state index contributed by atoms with van der Waals surface area (Å²) in [6.45, 7) is 1.92. The molecule has 0 saturated carbocycles. The zero-order valence-corrected chi connectivity index (χ0v) is 18.1. The third-order valence-electron chi connectivity index (χ3n) is 4.14.